The van der Waals surface area contributed by atoms with E-state index in [9.17, 15) is 8.42 Å². The molecule has 1 saturated heterocycles. The third-order valence-electron chi connectivity index (χ3n) is 3.39. The number of hydrogen-bond donors (Lipinski definition) is 0. The van der Waals surface area contributed by atoms with Gasteiger partial charge >= 0.3 is 0 Å². The minimum absolute atomic E-state index is 0.168. The lowest BCUT2D eigenvalue weighted by molar-refractivity contribution is 0.100. The molecule has 1 aliphatic heterocycles. The molecule has 0 aromatic heterocycles. The maximum absolute atomic E-state index is 12.4. The van der Waals surface area contributed by atoms with Crippen molar-refractivity contribution >= 4 is 31.5 Å². The lowest BCUT2D eigenvalue weighted by Crippen LogP contribution is -2.47. The molecule has 112 valence electrons. The molecular formula is C14H20BrNO3S. The van der Waals surface area contributed by atoms with Crippen LogP contribution in [0.4, 0.5) is 5.69 Å². The summed E-state index contributed by atoms with van der Waals surface area (Å²) < 4.78 is 30.3. The number of para-hydroxylation sites is 1. The van der Waals surface area contributed by atoms with Crippen LogP contribution < -0.4 is 4.90 Å². The van der Waals surface area contributed by atoms with E-state index >= 15 is 0 Å². The topological polar surface area (TPSA) is 46.6 Å². The van der Waals surface area contributed by atoms with Gasteiger partial charge in [-0.05, 0) is 18.6 Å². The minimum atomic E-state index is -3.22. The van der Waals surface area contributed by atoms with Crippen molar-refractivity contribution in [2.75, 3.05) is 35.7 Å². The van der Waals surface area contributed by atoms with Gasteiger partial charge in [-0.15, -0.1) is 0 Å². The fourth-order valence-corrected chi connectivity index (χ4v) is 4.52. The van der Waals surface area contributed by atoms with Gasteiger partial charge in [0.05, 0.1) is 35.6 Å². The molecule has 1 fully saturated rings. The lowest BCUT2D eigenvalue weighted by atomic mass is 10.2. The number of sulfone groups is 1. The van der Waals surface area contributed by atoms with E-state index in [1.54, 1.807) is 12.1 Å². The highest BCUT2D eigenvalue weighted by Gasteiger charge is 2.27. The molecule has 20 heavy (non-hydrogen) atoms. The van der Waals surface area contributed by atoms with Crippen molar-refractivity contribution in [2.45, 2.75) is 24.3 Å². The number of alkyl halides is 1. The maximum atomic E-state index is 12.4. The molecule has 6 heteroatoms. The summed E-state index contributed by atoms with van der Waals surface area (Å²) in [4.78, 5) is 2.58. The molecule has 0 spiro atoms. The monoisotopic (exact) mass is 361 g/mol. The Hall–Kier alpha value is -0.590. The van der Waals surface area contributed by atoms with Gasteiger partial charge in [0.15, 0.2) is 9.84 Å². The van der Waals surface area contributed by atoms with Crippen LogP contribution in [0, 0.1) is 0 Å². The summed E-state index contributed by atoms with van der Waals surface area (Å²) in [6.07, 6.45) is 0.627. The van der Waals surface area contributed by atoms with Gasteiger partial charge in [-0.3, -0.25) is 0 Å². The van der Waals surface area contributed by atoms with Crippen molar-refractivity contribution in [2.24, 2.45) is 0 Å². The Balaban J connectivity index is 2.41. The van der Waals surface area contributed by atoms with Gasteiger partial charge in [-0.1, -0.05) is 35.0 Å². The molecule has 1 aromatic rings. The molecular weight excluding hydrogens is 342 g/mol. The predicted octanol–water partition coefficient (Wildman–Crippen LogP) is 2.47. The standard InChI is InChI=1S/C14H20BrNO3S/c1-2-9-20(17,18)14-6-4-3-5-13(14)16-7-8-19-11-12(16)10-15/h3-6,12H,2,7-11H2,1H3. The molecule has 0 N–H and O–H groups in total. The normalized spacial score (nSPS) is 20.1. The van der Waals surface area contributed by atoms with E-state index < -0.39 is 9.84 Å². The average molecular weight is 362 g/mol. The van der Waals surface area contributed by atoms with Crippen LogP contribution in [-0.2, 0) is 14.6 Å². The largest absolute Gasteiger partial charge is 0.377 e. The second-order valence-electron chi connectivity index (χ2n) is 4.86. The second-order valence-corrected chi connectivity index (χ2v) is 7.59. The van der Waals surface area contributed by atoms with Crippen molar-refractivity contribution in [3.05, 3.63) is 24.3 Å². The van der Waals surface area contributed by atoms with E-state index in [1.165, 1.54) is 0 Å². The number of ether oxygens (including phenoxy) is 1. The Bertz CT molecular complexity index is 547. The van der Waals surface area contributed by atoms with E-state index in [0.717, 1.165) is 17.6 Å². The van der Waals surface area contributed by atoms with Crippen molar-refractivity contribution < 1.29 is 13.2 Å². The molecule has 1 aliphatic rings. The van der Waals surface area contributed by atoms with E-state index in [-0.39, 0.29) is 11.8 Å². The van der Waals surface area contributed by atoms with E-state index in [1.807, 2.05) is 19.1 Å². The molecule has 0 bridgehead atoms. The minimum Gasteiger partial charge on any atom is -0.377 e. The van der Waals surface area contributed by atoms with Crippen LogP contribution in [0.3, 0.4) is 0 Å². The fraction of sp³-hybridized carbons (Fsp3) is 0.571. The Kier molecular flexibility index (Phi) is 5.46. The van der Waals surface area contributed by atoms with Crippen molar-refractivity contribution in [3.63, 3.8) is 0 Å². The average Bonchev–Trinajstić information content (AvgIpc) is 2.47. The van der Waals surface area contributed by atoms with E-state index in [4.69, 9.17) is 4.74 Å². The fourth-order valence-electron chi connectivity index (χ4n) is 2.44. The van der Waals surface area contributed by atoms with Crippen molar-refractivity contribution in [3.8, 4) is 0 Å². The van der Waals surface area contributed by atoms with Gasteiger partial charge in [0, 0.05) is 11.9 Å². The van der Waals surface area contributed by atoms with Gasteiger partial charge in [0.1, 0.15) is 0 Å². The molecule has 0 saturated carbocycles. The van der Waals surface area contributed by atoms with Crippen LogP contribution in [0.25, 0.3) is 0 Å². The van der Waals surface area contributed by atoms with Crippen LogP contribution in [-0.4, -0.2) is 45.3 Å². The summed E-state index contributed by atoms with van der Waals surface area (Å²) in [5.74, 6) is 0.188. The third kappa shape index (κ3) is 3.35. The van der Waals surface area contributed by atoms with Gasteiger partial charge in [0.2, 0.25) is 0 Å². The Morgan fingerprint density at radius 1 is 1.40 bits per heavy atom. The Labute approximate surface area is 129 Å². The molecule has 1 atom stereocenters. The number of benzene rings is 1. The number of morpholine rings is 1. The number of halogens is 1. The number of hydrogen-bond acceptors (Lipinski definition) is 4. The molecule has 1 aromatic carbocycles. The summed E-state index contributed by atoms with van der Waals surface area (Å²) in [6, 6.07) is 7.45. The first-order chi connectivity index (χ1) is 9.60. The highest BCUT2D eigenvalue weighted by molar-refractivity contribution is 9.09. The van der Waals surface area contributed by atoms with Crippen molar-refractivity contribution in [1.29, 1.82) is 0 Å². The summed E-state index contributed by atoms with van der Waals surface area (Å²) in [6.45, 7) is 3.85. The lowest BCUT2D eigenvalue weighted by Gasteiger charge is -2.37. The molecule has 0 radical (unpaired) electrons. The number of nitrogens with zero attached hydrogens (tertiary/aromatic N) is 1. The molecule has 0 amide bonds. The van der Waals surface area contributed by atoms with Crippen LogP contribution in [0.1, 0.15) is 13.3 Å². The zero-order chi connectivity index (χ0) is 14.6. The first-order valence-corrected chi connectivity index (χ1v) is 9.59. The zero-order valence-electron chi connectivity index (χ0n) is 11.6. The maximum Gasteiger partial charge on any atom is 0.180 e. The first kappa shape index (κ1) is 15.8. The smallest absolute Gasteiger partial charge is 0.180 e. The van der Waals surface area contributed by atoms with Crippen LogP contribution in [0.2, 0.25) is 0 Å². The van der Waals surface area contributed by atoms with Gasteiger partial charge in [-0.2, -0.15) is 0 Å². The van der Waals surface area contributed by atoms with Gasteiger partial charge in [-0.25, -0.2) is 8.42 Å². The molecule has 2 rings (SSSR count). The first-order valence-electron chi connectivity index (χ1n) is 6.82. The third-order valence-corrected chi connectivity index (χ3v) is 6.10. The Morgan fingerprint density at radius 2 is 2.15 bits per heavy atom. The highest BCUT2D eigenvalue weighted by Crippen LogP contribution is 2.29. The summed E-state index contributed by atoms with van der Waals surface area (Å²) >= 11 is 3.48. The molecule has 4 nitrogen and oxygen atoms in total. The number of rotatable bonds is 5. The predicted molar refractivity (Wildman–Crippen MR) is 84.5 cm³/mol. The van der Waals surface area contributed by atoms with E-state index in [2.05, 4.69) is 20.8 Å². The quantitative estimate of drug-likeness (QED) is 0.755. The Morgan fingerprint density at radius 3 is 2.85 bits per heavy atom. The van der Waals surface area contributed by atoms with Crippen molar-refractivity contribution in [1.82, 2.24) is 0 Å². The SMILES string of the molecule is CCCS(=O)(=O)c1ccccc1N1CCOCC1CBr. The summed E-state index contributed by atoms with van der Waals surface area (Å²) in [5, 5.41) is 0.759. The van der Waals surface area contributed by atoms with Crippen LogP contribution in [0.15, 0.2) is 29.2 Å². The molecule has 1 heterocycles. The molecule has 0 aliphatic carbocycles. The van der Waals surface area contributed by atoms with Crippen LogP contribution in [0.5, 0.6) is 0 Å². The second kappa shape index (κ2) is 6.91. The molecule has 1 unspecified atom stereocenters. The highest BCUT2D eigenvalue weighted by atomic mass is 79.9. The van der Waals surface area contributed by atoms with Gasteiger partial charge < -0.3 is 9.64 Å². The van der Waals surface area contributed by atoms with Gasteiger partial charge in [0.25, 0.3) is 0 Å². The zero-order valence-corrected chi connectivity index (χ0v) is 14.0. The number of anilines is 1. The van der Waals surface area contributed by atoms with E-state index in [0.29, 0.717) is 24.5 Å². The summed E-state index contributed by atoms with van der Waals surface area (Å²) in [5.41, 5.74) is 0.800. The summed E-state index contributed by atoms with van der Waals surface area (Å²) in [7, 11) is -3.22. The van der Waals surface area contributed by atoms with Crippen LogP contribution >= 0.6 is 15.9 Å².